The fourth-order valence-corrected chi connectivity index (χ4v) is 1.73. The Morgan fingerprint density at radius 2 is 2.12 bits per heavy atom. The molecule has 94 valence electrons. The average molecular weight is 235 g/mol. The third-order valence-electron chi connectivity index (χ3n) is 2.50. The summed E-state index contributed by atoms with van der Waals surface area (Å²) in [6.07, 6.45) is 6.45. The molecule has 0 spiro atoms. The van der Waals surface area contributed by atoms with Gasteiger partial charge in [0.1, 0.15) is 6.54 Å². The molecule has 0 aromatic carbocycles. The fraction of sp³-hybridized carbons (Fsp3) is 0.692. The van der Waals surface area contributed by atoms with Crippen LogP contribution in [0.2, 0.25) is 0 Å². The van der Waals surface area contributed by atoms with Crippen LogP contribution >= 0.6 is 0 Å². The van der Waals surface area contributed by atoms with Gasteiger partial charge < -0.3 is 10.6 Å². The van der Waals surface area contributed by atoms with Crippen LogP contribution in [0.1, 0.15) is 26.7 Å². The van der Waals surface area contributed by atoms with Crippen LogP contribution < -0.4 is 5.73 Å². The van der Waals surface area contributed by atoms with Gasteiger partial charge in [0.15, 0.2) is 0 Å². The van der Waals surface area contributed by atoms with Gasteiger partial charge in [0, 0.05) is 6.42 Å². The van der Waals surface area contributed by atoms with Crippen molar-refractivity contribution in [3.63, 3.8) is 0 Å². The Balaban J connectivity index is 4.37. The number of hydrogen-bond donors (Lipinski definition) is 1. The minimum absolute atomic E-state index is 0.0437. The van der Waals surface area contributed by atoms with Crippen LogP contribution in [0.4, 0.5) is 0 Å². The summed E-state index contributed by atoms with van der Waals surface area (Å²) in [4.78, 5) is 13.3. The molecule has 0 bridgehead atoms. The van der Waals surface area contributed by atoms with Crippen molar-refractivity contribution in [1.82, 2.24) is 4.90 Å². The zero-order valence-corrected chi connectivity index (χ0v) is 10.6. The molecule has 17 heavy (non-hydrogen) atoms. The van der Waals surface area contributed by atoms with Crippen molar-refractivity contribution in [2.24, 2.45) is 17.6 Å². The number of nitriles is 1. The highest BCUT2D eigenvalue weighted by Crippen LogP contribution is 2.15. The summed E-state index contributed by atoms with van der Waals surface area (Å²) in [5.41, 5.74) is 5.64. The Bertz CT molecular complexity index is 296. The number of amides is 1. The average Bonchev–Trinajstić information content (AvgIpc) is 2.27. The molecular weight excluding hydrogens is 214 g/mol. The van der Waals surface area contributed by atoms with E-state index in [2.05, 4.69) is 19.8 Å². The van der Waals surface area contributed by atoms with Crippen LogP contribution in [0.25, 0.3) is 0 Å². The first-order chi connectivity index (χ1) is 8.04. The third kappa shape index (κ3) is 6.60. The van der Waals surface area contributed by atoms with E-state index in [9.17, 15) is 4.79 Å². The molecule has 1 unspecified atom stereocenters. The quantitative estimate of drug-likeness (QED) is 0.528. The lowest BCUT2D eigenvalue weighted by Crippen LogP contribution is -2.34. The fourth-order valence-electron chi connectivity index (χ4n) is 1.73. The molecule has 4 nitrogen and oxygen atoms in total. The Labute approximate surface area is 104 Å². The summed E-state index contributed by atoms with van der Waals surface area (Å²) in [5.74, 6) is 2.98. The predicted molar refractivity (Wildman–Crippen MR) is 67.6 cm³/mol. The van der Waals surface area contributed by atoms with Crippen LogP contribution in [0, 0.1) is 35.5 Å². The van der Waals surface area contributed by atoms with Gasteiger partial charge >= 0.3 is 0 Å². The number of nitrogens with zero attached hydrogens (tertiary/aromatic N) is 2. The van der Waals surface area contributed by atoms with Crippen LogP contribution in [0.3, 0.4) is 0 Å². The van der Waals surface area contributed by atoms with E-state index in [-0.39, 0.29) is 24.9 Å². The summed E-state index contributed by atoms with van der Waals surface area (Å²) < 4.78 is 0. The first kappa shape index (κ1) is 15.5. The van der Waals surface area contributed by atoms with E-state index in [4.69, 9.17) is 17.4 Å². The highest BCUT2D eigenvalue weighted by atomic mass is 16.2. The molecule has 0 aromatic heterocycles. The molecule has 0 saturated carbocycles. The van der Waals surface area contributed by atoms with Crippen molar-refractivity contribution >= 4 is 5.91 Å². The molecule has 0 aromatic rings. The van der Waals surface area contributed by atoms with Gasteiger partial charge in [0.2, 0.25) is 5.91 Å². The summed E-state index contributed by atoms with van der Waals surface area (Å²) in [5, 5.41) is 8.61. The number of terminal acetylenes is 1. The molecule has 1 amide bonds. The highest BCUT2D eigenvalue weighted by Gasteiger charge is 2.18. The Hall–Kier alpha value is -1.52. The van der Waals surface area contributed by atoms with E-state index in [1.54, 1.807) is 0 Å². The molecular formula is C13H21N3O. The summed E-state index contributed by atoms with van der Waals surface area (Å²) in [6.45, 7) is 4.91. The molecule has 0 aliphatic rings. The van der Waals surface area contributed by atoms with Crippen molar-refractivity contribution < 1.29 is 4.79 Å². The summed E-state index contributed by atoms with van der Waals surface area (Å²) in [7, 11) is 0. The van der Waals surface area contributed by atoms with E-state index in [1.165, 1.54) is 4.90 Å². The standard InChI is InChI=1S/C13H21N3O/c1-4-6-16(7-5-14)13(17)9-12(10-15)8-11(2)3/h1,11-12H,6-10,15H2,2-3H3. The van der Waals surface area contributed by atoms with Gasteiger partial charge in [0.25, 0.3) is 0 Å². The second-order valence-electron chi connectivity index (χ2n) is 4.55. The highest BCUT2D eigenvalue weighted by molar-refractivity contribution is 5.77. The minimum atomic E-state index is -0.0828. The first-order valence-corrected chi connectivity index (χ1v) is 5.83. The maximum atomic E-state index is 11.9. The number of rotatable bonds is 7. The van der Waals surface area contributed by atoms with Gasteiger partial charge in [-0.15, -0.1) is 6.42 Å². The van der Waals surface area contributed by atoms with E-state index < -0.39 is 0 Å². The monoisotopic (exact) mass is 235 g/mol. The van der Waals surface area contributed by atoms with Crippen molar-refractivity contribution in [3.05, 3.63) is 0 Å². The summed E-state index contributed by atoms with van der Waals surface area (Å²) >= 11 is 0. The van der Waals surface area contributed by atoms with Crippen LogP contribution in [-0.2, 0) is 4.79 Å². The SMILES string of the molecule is C#CCN(CC#N)C(=O)CC(CN)CC(C)C. The number of nitrogens with two attached hydrogens (primary N) is 1. The van der Waals surface area contributed by atoms with Crippen LogP contribution in [0.15, 0.2) is 0 Å². The molecule has 2 N–H and O–H groups in total. The maximum absolute atomic E-state index is 11.9. The molecule has 4 heteroatoms. The molecule has 0 saturated heterocycles. The van der Waals surface area contributed by atoms with Gasteiger partial charge in [-0.2, -0.15) is 5.26 Å². The van der Waals surface area contributed by atoms with Gasteiger partial charge in [0.05, 0.1) is 12.6 Å². The lowest BCUT2D eigenvalue weighted by Gasteiger charge is -2.21. The normalized spacial score (nSPS) is 11.6. The van der Waals surface area contributed by atoms with Gasteiger partial charge in [-0.1, -0.05) is 19.8 Å². The van der Waals surface area contributed by atoms with Crippen molar-refractivity contribution in [2.75, 3.05) is 19.6 Å². The van der Waals surface area contributed by atoms with Crippen molar-refractivity contribution in [3.8, 4) is 18.4 Å². The lowest BCUT2D eigenvalue weighted by atomic mass is 9.94. The largest absolute Gasteiger partial charge is 0.330 e. The molecule has 0 aliphatic carbocycles. The second kappa shape index (κ2) is 8.61. The zero-order chi connectivity index (χ0) is 13.3. The van der Waals surface area contributed by atoms with Gasteiger partial charge in [-0.05, 0) is 24.8 Å². The van der Waals surface area contributed by atoms with Crippen molar-refractivity contribution in [2.45, 2.75) is 26.7 Å². The number of carbonyl (C=O) groups excluding carboxylic acids is 1. The zero-order valence-electron chi connectivity index (χ0n) is 10.6. The molecule has 0 fully saturated rings. The number of hydrogen-bond acceptors (Lipinski definition) is 3. The van der Waals surface area contributed by atoms with E-state index in [1.807, 2.05) is 6.07 Å². The van der Waals surface area contributed by atoms with E-state index in [0.29, 0.717) is 18.9 Å². The third-order valence-corrected chi connectivity index (χ3v) is 2.50. The van der Waals surface area contributed by atoms with E-state index in [0.717, 1.165) is 6.42 Å². The summed E-state index contributed by atoms with van der Waals surface area (Å²) in [6, 6.07) is 1.94. The molecule has 0 heterocycles. The van der Waals surface area contributed by atoms with Gasteiger partial charge in [-0.3, -0.25) is 4.79 Å². The second-order valence-corrected chi connectivity index (χ2v) is 4.55. The Morgan fingerprint density at radius 1 is 1.47 bits per heavy atom. The molecule has 0 aliphatic heterocycles. The predicted octanol–water partition coefficient (Wildman–Crippen LogP) is 0.983. The first-order valence-electron chi connectivity index (χ1n) is 5.83. The molecule has 1 atom stereocenters. The smallest absolute Gasteiger partial charge is 0.224 e. The molecule has 0 radical (unpaired) electrons. The van der Waals surface area contributed by atoms with Crippen molar-refractivity contribution in [1.29, 1.82) is 5.26 Å². The lowest BCUT2D eigenvalue weighted by molar-refractivity contribution is -0.131. The Kier molecular flexibility index (Phi) is 7.84. The minimum Gasteiger partial charge on any atom is -0.330 e. The number of carbonyl (C=O) groups is 1. The van der Waals surface area contributed by atoms with Gasteiger partial charge in [-0.25, -0.2) is 0 Å². The van der Waals surface area contributed by atoms with Crippen LogP contribution in [-0.4, -0.2) is 30.4 Å². The van der Waals surface area contributed by atoms with Crippen LogP contribution in [0.5, 0.6) is 0 Å². The Morgan fingerprint density at radius 3 is 2.53 bits per heavy atom. The topological polar surface area (TPSA) is 70.1 Å². The molecule has 0 rings (SSSR count). The maximum Gasteiger partial charge on any atom is 0.224 e. The van der Waals surface area contributed by atoms with E-state index >= 15 is 0 Å².